The number of hydrogen-bond acceptors (Lipinski definition) is 2. The summed E-state index contributed by atoms with van der Waals surface area (Å²) in [5, 5.41) is 3.96. The van der Waals surface area contributed by atoms with Crippen LogP contribution in [0, 0.1) is 5.92 Å². The molecule has 1 saturated heterocycles. The topological polar surface area (TPSA) is 32.3 Å². The third kappa shape index (κ3) is 4.50. The van der Waals surface area contributed by atoms with E-state index in [1.54, 1.807) is 18.2 Å². The normalized spacial score (nSPS) is 18.3. The summed E-state index contributed by atoms with van der Waals surface area (Å²) in [5.41, 5.74) is 1.89. The Balaban J connectivity index is 1.60. The van der Waals surface area contributed by atoms with Gasteiger partial charge in [-0.1, -0.05) is 53.5 Å². The molecule has 1 heterocycles. The van der Waals surface area contributed by atoms with Gasteiger partial charge in [-0.15, -0.1) is 0 Å². The molecule has 1 N–H and O–H groups in total. The highest BCUT2D eigenvalue weighted by atomic mass is 35.5. The first kappa shape index (κ1) is 17.3. The minimum Gasteiger partial charge on any atom is -0.324 e. The molecule has 3 rings (SSSR count). The zero-order valence-corrected chi connectivity index (χ0v) is 14.9. The third-order valence-electron chi connectivity index (χ3n) is 4.31. The van der Waals surface area contributed by atoms with Gasteiger partial charge in [-0.3, -0.25) is 9.69 Å². The zero-order chi connectivity index (χ0) is 16.9. The smallest absolute Gasteiger partial charge is 0.228 e. The summed E-state index contributed by atoms with van der Waals surface area (Å²) in [6, 6.07) is 15.5. The molecule has 0 spiro atoms. The van der Waals surface area contributed by atoms with Gasteiger partial charge in [0.1, 0.15) is 0 Å². The highest BCUT2D eigenvalue weighted by molar-refractivity contribution is 6.36. The highest BCUT2D eigenvalue weighted by Crippen LogP contribution is 2.27. The number of nitrogens with zero attached hydrogens (tertiary/aromatic N) is 1. The average molecular weight is 363 g/mol. The highest BCUT2D eigenvalue weighted by Gasteiger charge is 2.26. The number of halogens is 2. The average Bonchev–Trinajstić information content (AvgIpc) is 2.58. The quantitative estimate of drug-likeness (QED) is 0.843. The fraction of sp³-hybridized carbons (Fsp3) is 0.316. The summed E-state index contributed by atoms with van der Waals surface area (Å²) in [6.45, 7) is 2.68. The van der Waals surface area contributed by atoms with E-state index in [1.807, 2.05) is 18.2 Å². The van der Waals surface area contributed by atoms with Crippen molar-refractivity contribution in [3.05, 3.63) is 64.1 Å². The van der Waals surface area contributed by atoms with E-state index in [2.05, 4.69) is 22.3 Å². The monoisotopic (exact) mass is 362 g/mol. The SMILES string of the molecule is O=C(Nc1ccc(Cl)cc1Cl)C1CCCN(Cc2ccccc2)C1. The Morgan fingerprint density at radius 3 is 2.71 bits per heavy atom. The number of benzene rings is 2. The Kier molecular flexibility index (Phi) is 5.77. The van der Waals surface area contributed by atoms with Gasteiger partial charge < -0.3 is 5.32 Å². The standard InChI is InChI=1S/C19H20Cl2N2O/c20-16-8-9-18(17(21)11-16)22-19(24)15-7-4-10-23(13-15)12-14-5-2-1-3-6-14/h1-3,5-6,8-9,11,15H,4,7,10,12-13H2,(H,22,24). The molecule has 0 bridgehead atoms. The van der Waals surface area contributed by atoms with Crippen molar-refractivity contribution < 1.29 is 4.79 Å². The maximum atomic E-state index is 12.6. The molecule has 0 aromatic heterocycles. The molecule has 2 aromatic carbocycles. The van der Waals surface area contributed by atoms with Gasteiger partial charge >= 0.3 is 0 Å². The van der Waals surface area contributed by atoms with Crippen LogP contribution in [0.5, 0.6) is 0 Å². The maximum Gasteiger partial charge on any atom is 0.228 e. The summed E-state index contributed by atoms with van der Waals surface area (Å²) < 4.78 is 0. The first-order valence-electron chi connectivity index (χ1n) is 8.14. The summed E-state index contributed by atoms with van der Waals surface area (Å²) in [7, 11) is 0. The first-order valence-corrected chi connectivity index (χ1v) is 8.89. The van der Waals surface area contributed by atoms with E-state index in [1.165, 1.54) is 5.56 Å². The molecular weight excluding hydrogens is 343 g/mol. The van der Waals surface area contributed by atoms with Crippen LogP contribution < -0.4 is 5.32 Å². The Hall–Kier alpha value is -1.55. The van der Waals surface area contributed by atoms with E-state index in [-0.39, 0.29) is 11.8 Å². The van der Waals surface area contributed by atoms with E-state index >= 15 is 0 Å². The molecule has 0 radical (unpaired) electrons. The van der Waals surface area contributed by atoms with E-state index in [4.69, 9.17) is 23.2 Å². The van der Waals surface area contributed by atoms with Crippen LogP contribution in [0.2, 0.25) is 10.0 Å². The molecule has 1 atom stereocenters. The lowest BCUT2D eigenvalue weighted by atomic mass is 9.96. The van der Waals surface area contributed by atoms with Crippen LogP contribution in [0.3, 0.4) is 0 Å². The molecule has 1 amide bonds. The van der Waals surface area contributed by atoms with Crippen molar-refractivity contribution in [1.29, 1.82) is 0 Å². The maximum absolute atomic E-state index is 12.6. The van der Waals surface area contributed by atoms with Gasteiger partial charge in [0.2, 0.25) is 5.91 Å². The van der Waals surface area contributed by atoms with E-state index in [9.17, 15) is 4.79 Å². The summed E-state index contributed by atoms with van der Waals surface area (Å²) in [5.74, 6) is 0.00573. The molecule has 0 aliphatic carbocycles. The Labute approximate surface area is 152 Å². The molecule has 3 nitrogen and oxygen atoms in total. The zero-order valence-electron chi connectivity index (χ0n) is 13.3. The number of amides is 1. The van der Waals surface area contributed by atoms with Gasteiger partial charge in [-0.05, 0) is 43.1 Å². The van der Waals surface area contributed by atoms with E-state index in [0.717, 1.165) is 32.5 Å². The largest absolute Gasteiger partial charge is 0.324 e. The number of nitrogens with one attached hydrogen (secondary N) is 1. The van der Waals surface area contributed by atoms with Crippen LogP contribution in [0.1, 0.15) is 18.4 Å². The Morgan fingerprint density at radius 2 is 1.96 bits per heavy atom. The van der Waals surface area contributed by atoms with Crippen LogP contribution in [-0.2, 0) is 11.3 Å². The molecule has 2 aromatic rings. The number of hydrogen-bond donors (Lipinski definition) is 1. The van der Waals surface area contributed by atoms with Crippen molar-refractivity contribution in [3.8, 4) is 0 Å². The number of piperidine rings is 1. The predicted molar refractivity (Wildman–Crippen MR) is 99.5 cm³/mol. The second-order valence-electron chi connectivity index (χ2n) is 6.17. The molecule has 1 aliphatic heterocycles. The van der Waals surface area contributed by atoms with Crippen molar-refractivity contribution in [2.24, 2.45) is 5.92 Å². The lowest BCUT2D eigenvalue weighted by Crippen LogP contribution is -2.40. The predicted octanol–water partition coefficient (Wildman–Crippen LogP) is 4.84. The second-order valence-corrected chi connectivity index (χ2v) is 7.02. The Morgan fingerprint density at radius 1 is 1.17 bits per heavy atom. The molecule has 1 fully saturated rings. The second kappa shape index (κ2) is 8.02. The summed E-state index contributed by atoms with van der Waals surface area (Å²) >= 11 is 12.0. The molecular formula is C19H20Cl2N2O. The number of carbonyl (C=O) groups excluding carboxylic acids is 1. The number of likely N-dealkylation sites (tertiary alicyclic amines) is 1. The number of rotatable bonds is 4. The van der Waals surface area contributed by atoms with Crippen molar-refractivity contribution in [2.45, 2.75) is 19.4 Å². The van der Waals surface area contributed by atoms with E-state index < -0.39 is 0 Å². The van der Waals surface area contributed by atoms with Crippen molar-refractivity contribution >= 4 is 34.8 Å². The van der Waals surface area contributed by atoms with Crippen molar-refractivity contribution in [1.82, 2.24) is 4.90 Å². The van der Waals surface area contributed by atoms with Gasteiger partial charge in [0.05, 0.1) is 16.6 Å². The fourth-order valence-electron chi connectivity index (χ4n) is 3.08. The number of anilines is 1. The van der Waals surface area contributed by atoms with Gasteiger partial charge in [-0.2, -0.15) is 0 Å². The van der Waals surface area contributed by atoms with E-state index in [0.29, 0.717) is 15.7 Å². The Bertz CT molecular complexity index is 706. The minimum atomic E-state index is -0.0193. The van der Waals surface area contributed by atoms with Crippen LogP contribution in [0.25, 0.3) is 0 Å². The summed E-state index contributed by atoms with van der Waals surface area (Å²) in [4.78, 5) is 14.9. The lowest BCUT2D eigenvalue weighted by molar-refractivity contribution is -0.121. The molecule has 126 valence electrons. The minimum absolute atomic E-state index is 0.0193. The third-order valence-corrected chi connectivity index (χ3v) is 4.86. The van der Waals surface area contributed by atoms with Crippen LogP contribution in [0.4, 0.5) is 5.69 Å². The summed E-state index contributed by atoms with van der Waals surface area (Å²) in [6.07, 6.45) is 1.93. The van der Waals surface area contributed by atoms with Crippen LogP contribution >= 0.6 is 23.2 Å². The van der Waals surface area contributed by atoms with Gasteiger partial charge in [0.15, 0.2) is 0 Å². The van der Waals surface area contributed by atoms with Crippen molar-refractivity contribution in [3.63, 3.8) is 0 Å². The molecule has 0 saturated carbocycles. The van der Waals surface area contributed by atoms with Crippen LogP contribution in [0.15, 0.2) is 48.5 Å². The van der Waals surface area contributed by atoms with Gasteiger partial charge in [-0.25, -0.2) is 0 Å². The molecule has 5 heteroatoms. The van der Waals surface area contributed by atoms with Crippen molar-refractivity contribution in [2.75, 3.05) is 18.4 Å². The fourth-order valence-corrected chi connectivity index (χ4v) is 3.54. The van der Waals surface area contributed by atoms with Gasteiger partial charge in [0, 0.05) is 18.1 Å². The number of carbonyl (C=O) groups is 1. The van der Waals surface area contributed by atoms with Gasteiger partial charge in [0.25, 0.3) is 0 Å². The molecule has 24 heavy (non-hydrogen) atoms. The first-order chi connectivity index (χ1) is 11.6. The molecule has 1 unspecified atom stereocenters. The molecule has 1 aliphatic rings. The lowest BCUT2D eigenvalue weighted by Gasteiger charge is -2.32. The van der Waals surface area contributed by atoms with Crippen LogP contribution in [-0.4, -0.2) is 23.9 Å².